The minimum absolute atomic E-state index is 0.530. The Morgan fingerprint density at radius 2 is 2.10 bits per heavy atom. The molecule has 0 fully saturated rings. The number of para-hydroxylation sites is 1. The average Bonchev–Trinajstić information content (AvgIpc) is 2.69. The Labute approximate surface area is 118 Å². The number of rotatable bonds is 2. The van der Waals surface area contributed by atoms with Crippen LogP contribution in [0, 0.1) is 0 Å². The predicted octanol–water partition coefficient (Wildman–Crippen LogP) is 2.53. The Balaban J connectivity index is 1.84. The van der Waals surface area contributed by atoms with E-state index >= 15 is 0 Å². The molecule has 3 rings (SSSR count). The van der Waals surface area contributed by atoms with Crippen molar-refractivity contribution in [2.75, 3.05) is 18.1 Å². The summed E-state index contributed by atoms with van der Waals surface area (Å²) in [4.78, 5) is 6.55. The molecule has 1 N–H and O–H groups in total. The fourth-order valence-corrected chi connectivity index (χ4v) is 2.38. The van der Waals surface area contributed by atoms with Crippen molar-refractivity contribution in [1.82, 2.24) is 4.98 Å². The lowest BCUT2D eigenvalue weighted by atomic mass is 10.2. The van der Waals surface area contributed by atoms with E-state index in [4.69, 9.17) is 4.74 Å². The molecule has 1 aliphatic heterocycles. The first-order chi connectivity index (χ1) is 9.74. The molecule has 104 valence electrons. The van der Waals surface area contributed by atoms with Gasteiger partial charge in [-0.3, -0.25) is 4.98 Å². The van der Waals surface area contributed by atoms with Crippen molar-refractivity contribution in [3.63, 3.8) is 0 Å². The molecule has 1 unspecified atom stereocenters. The second kappa shape index (κ2) is 5.51. The van der Waals surface area contributed by atoms with Crippen LogP contribution in [0.3, 0.4) is 0 Å². The van der Waals surface area contributed by atoms with Crippen LogP contribution in [0.2, 0.25) is 0 Å². The highest BCUT2D eigenvalue weighted by atomic mass is 16.5. The van der Waals surface area contributed by atoms with Crippen LogP contribution in [0.1, 0.15) is 24.3 Å². The first-order valence-electron chi connectivity index (χ1n) is 6.84. The van der Waals surface area contributed by atoms with Gasteiger partial charge in [0.25, 0.3) is 0 Å². The fraction of sp³-hybridized carbons (Fsp3) is 0.312. The van der Waals surface area contributed by atoms with Crippen LogP contribution in [0.15, 0.2) is 42.6 Å². The molecule has 1 aromatic heterocycles. The number of fused-ring (bicyclic) bond motifs is 1. The lowest BCUT2D eigenvalue weighted by Crippen LogP contribution is -2.25. The maximum absolute atomic E-state index is 9.50. The number of aromatic nitrogens is 1. The number of hydrogen-bond donors (Lipinski definition) is 1. The lowest BCUT2D eigenvalue weighted by Gasteiger charge is -2.22. The molecule has 0 aliphatic carbocycles. The Morgan fingerprint density at radius 1 is 1.25 bits per heavy atom. The summed E-state index contributed by atoms with van der Waals surface area (Å²) in [6.07, 6.45) is 1.29. The molecule has 4 nitrogen and oxygen atoms in total. The average molecular weight is 270 g/mol. The van der Waals surface area contributed by atoms with E-state index in [0.717, 1.165) is 24.5 Å². The standard InChI is InChI=1S/C16H18N2O2/c1-12(19)15-7-6-14(10-17-15)18-8-9-20-16-5-3-2-4-13(16)11-18/h2-7,10,12,19H,8-9,11H2,1H3. The van der Waals surface area contributed by atoms with Gasteiger partial charge in [0.15, 0.2) is 0 Å². The Kier molecular flexibility index (Phi) is 3.56. The summed E-state index contributed by atoms with van der Waals surface area (Å²) in [6.45, 7) is 4.02. The number of nitrogens with zero attached hydrogens (tertiary/aromatic N) is 2. The van der Waals surface area contributed by atoms with Crippen LogP contribution in [0.4, 0.5) is 5.69 Å². The molecule has 0 saturated carbocycles. The van der Waals surface area contributed by atoms with Crippen molar-refractivity contribution in [2.45, 2.75) is 19.6 Å². The summed E-state index contributed by atoms with van der Waals surface area (Å²) in [7, 11) is 0. The molecular weight excluding hydrogens is 252 g/mol. The molecule has 2 heterocycles. The number of aliphatic hydroxyl groups excluding tert-OH is 1. The van der Waals surface area contributed by atoms with Gasteiger partial charge in [0.1, 0.15) is 12.4 Å². The van der Waals surface area contributed by atoms with Crippen molar-refractivity contribution in [3.8, 4) is 5.75 Å². The SMILES string of the molecule is CC(O)c1ccc(N2CCOc3ccccc3C2)cn1. The van der Waals surface area contributed by atoms with Crippen LogP contribution in [0.5, 0.6) is 5.75 Å². The molecule has 2 aromatic rings. The zero-order valence-corrected chi connectivity index (χ0v) is 11.5. The molecule has 0 saturated heterocycles. The van der Waals surface area contributed by atoms with Gasteiger partial charge in [-0.15, -0.1) is 0 Å². The zero-order valence-electron chi connectivity index (χ0n) is 11.5. The minimum Gasteiger partial charge on any atom is -0.491 e. The number of ether oxygens (including phenoxy) is 1. The summed E-state index contributed by atoms with van der Waals surface area (Å²) in [6, 6.07) is 12.0. The third kappa shape index (κ3) is 2.60. The summed E-state index contributed by atoms with van der Waals surface area (Å²) >= 11 is 0. The van der Waals surface area contributed by atoms with Crippen molar-refractivity contribution >= 4 is 5.69 Å². The normalized spacial score (nSPS) is 16.0. The lowest BCUT2D eigenvalue weighted by molar-refractivity contribution is 0.194. The second-order valence-electron chi connectivity index (χ2n) is 4.99. The van der Waals surface area contributed by atoms with Crippen molar-refractivity contribution in [1.29, 1.82) is 0 Å². The van der Waals surface area contributed by atoms with Gasteiger partial charge in [-0.05, 0) is 25.1 Å². The third-order valence-corrected chi connectivity index (χ3v) is 3.52. The summed E-state index contributed by atoms with van der Waals surface area (Å²) in [5.74, 6) is 0.962. The van der Waals surface area contributed by atoms with Gasteiger partial charge >= 0.3 is 0 Å². The smallest absolute Gasteiger partial charge is 0.124 e. The van der Waals surface area contributed by atoms with Crippen molar-refractivity contribution < 1.29 is 9.84 Å². The van der Waals surface area contributed by atoms with E-state index in [0.29, 0.717) is 12.3 Å². The molecule has 1 aliphatic rings. The molecule has 20 heavy (non-hydrogen) atoms. The van der Waals surface area contributed by atoms with E-state index in [1.807, 2.05) is 36.5 Å². The van der Waals surface area contributed by atoms with Gasteiger partial charge in [0.2, 0.25) is 0 Å². The van der Waals surface area contributed by atoms with E-state index in [1.165, 1.54) is 5.56 Å². The Hall–Kier alpha value is -2.07. The van der Waals surface area contributed by atoms with Crippen LogP contribution in [0.25, 0.3) is 0 Å². The molecule has 0 amide bonds. The summed E-state index contributed by atoms with van der Waals surface area (Å²) in [5.41, 5.74) is 2.93. The highest BCUT2D eigenvalue weighted by Gasteiger charge is 2.15. The van der Waals surface area contributed by atoms with Gasteiger partial charge in [0, 0.05) is 12.1 Å². The molecule has 0 bridgehead atoms. The van der Waals surface area contributed by atoms with Crippen LogP contribution in [-0.4, -0.2) is 23.2 Å². The zero-order chi connectivity index (χ0) is 13.9. The number of hydrogen-bond acceptors (Lipinski definition) is 4. The predicted molar refractivity (Wildman–Crippen MR) is 77.9 cm³/mol. The van der Waals surface area contributed by atoms with Crippen LogP contribution < -0.4 is 9.64 Å². The number of anilines is 1. The Bertz CT molecular complexity index is 581. The highest BCUT2D eigenvalue weighted by molar-refractivity contribution is 5.48. The molecule has 1 aromatic carbocycles. The second-order valence-corrected chi connectivity index (χ2v) is 4.99. The van der Waals surface area contributed by atoms with E-state index < -0.39 is 6.10 Å². The Morgan fingerprint density at radius 3 is 2.85 bits per heavy atom. The van der Waals surface area contributed by atoms with E-state index in [-0.39, 0.29) is 0 Å². The van der Waals surface area contributed by atoms with Gasteiger partial charge < -0.3 is 14.7 Å². The summed E-state index contributed by atoms with van der Waals surface area (Å²) in [5, 5.41) is 9.50. The molecule has 0 spiro atoms. The topological polar surface area (TPSA) is 45.6 Å². The molecular formula is C16H18N2O2. The maximum Gasteiger partial charge on any atom is 0.124 e. The van der Waals surface area contributed by atoms with E-state index in [2.05, 4.69) is 16.0 Å². The van der Waals surface area contributed by atoms with Gasteiger partial charge in [-0.1, -0.05) is 18.2 Å². The monoisotopic (exact) mass is 270 g/mol. The number of benzene rings is 1. The quantitative estimate of drug-likeness (QED) is 0.911. The molecule has 0 radical (unpaired) electrons. The summed E-state index contributed by atoms with van der Waals surface area (Å²) < 4.78 is 5.76. The van der Waals surface area contributed by atoms with E-state index in [9.17, 15) is 5.11 Å². The largest absolute Gasteiger partial charge is 0.491 e. The molecule has 1 atom stereocenters. The third-order valence-electron chi connectivity index (χ3n) is 3.52. The first-order valence-corrected chi connectivity index (χ1v) is 6.84. The van der Waals surface area contributed by atoms with Crippen LogP contribution >= 0.6 is 0 Å². The van der Waals surface area contributed by atoms with Gasteiger partial charge in [-0.25, -0.2) is 0 Å². The van der Waals surface area contributed by atoms with Crippen molar-refractivity contribution in [3.05, 3.63) is 53.9 Å². The maximum atomic E-state index is 9.50. The van der Waals surface area contributed by atoms with E-state index in [1.54, 1.807) is 6.92 Å². The fourth-order valence-electron chi connectivity index (χ4n) is 2.38. The van der Waals surface area contributed by atoms with Crippen molar-refractivity contribution in [2.24, 2.45) is 0 Å². The van der Waals surface area contributed by atoms with Gasteiger partial charge in [0.05, 0.1) is 30.2 Å². The first kappa shape index (κ1) is 12.9. The number of aliphatic hydroxyl groups is 1. The highest BCUT2D eigenvalue weighted by Crippen LogP contribution is 2.26. The minimum atomic E-state index is -0.530. The van der Waals surface area contributed by atoms with Crippen LogP contribution in [-0.2, 0) is 6.54 Å². The van der Waals surface area contributed by atoms with Gasteiger partial charge in [-0.2, -0.15) is 0 Å². The molecule has 4 heteroatoms. The number of pyridine rings is 1.